The topological polar surface area (TPSA) is 78.6 Å². The lowest BCUT2D eigenvalue weighted by Crippen LogP contribution is -2.32. The number of hydrogen-bond donors (Lipinski definition) is 3. The Balaban J connectivity index is 2.86. The van der Waals surface area contributed by atoms with E-state index in [0.717, 1.165) is 0 Å². The van der Waals surface area contributed by atoms with Gasteiger partial charge in [0.25, 0.3) is 0 Å². The maximum absolute atomic E-state index is 11.0. The molecule has 1 aromatic rings. The number of likely N-dealkylation sites (N-methyl/N-ethyl adjacent to an activating group) is 1. The summed E-state index contributed by atoms with van der Waals surface area (Å²) in [6.07, 6.45) is 0. The number of carboxylic acids is 1. The van der Waals surface area contributed by atoms with E-state index < -0.39 is 5.97 Å². The van der Waals surface area contributed by atoms with E-state index in [1.165, 1.54) is 0 Å². The number of anilines is 2. The number of nitrogens with two attached hydrogens (primary N) is 1. The average Bonchev–Trinajstić information content (AvgIpc) is 2.26. The van der Waals surface area contributed by atoms with Gasteiger partial charge in [-0.2, -0.15) is 0 Å². The largest absolute Gasteiger partial charge is 0.478 e. The summed E-state index contributed by atoms with van der Waals surface area (Å²) in [5.41, 5.74) is 6.94. The Morgan fingerprint density at radius 2 is 2.18 bits per heavy atom. The minimum atomic E-state index is -0.975. The van der Waals surface area contributed by atoms with Crippen LogP contribution in [0.5, 0.6) is 0 Å². The van der Waals surface area contributed by atoms with Crippen LogP contribution in [0.25, 0.3) is 0 Å². The summed E-state index contributed by atoms with van der Waals surface area (Å²) >= 11 is 0. The van der Waals surface area contributed by atoms with E-state index in [9.17, 15) is 4.79 Å². The fourth-order valence-electron chi connectivity index (χ4n) is 1.38. The van der Waals surface area contributed by atoms with E-state index in [-0.39, 0.29) is 11.6 Å². The van der Waals surface area contributed by atoms with Crippen molar-refractivity contribution in [3.8, 4) is 0 Å². The van der Waals surface area contributed by atoms with Gasteiger partial charge in [-0.25, -0.2) is 4.79 Å². The fraction of sp³-hybridized carbons (Fsp3) is 0.417. The Kier molecular flexibility index (Phi) is 4.34. The van der Waals surface area contributed by atoms with Gasteiger partial charge in [-0.3, -0.25) is 0 Å². The standard InChI is InChI=1S/C12H19N3O2/c1-8(15(2)3)7-14-11-9(12(16)17)5-4-6-10(11)13/h4-6,8,14H,7,13H2,1-3H3,(H,16,17). The monoisotopic (exact) mass is 237 g/mol. The lowest BCUT2D eigenvalue weighted by Gasteiger charge is -2.21. The zero-order valence-corrected chi connectivity index (χ0v) is 10.4. The molecule has 0 aromatic heterocycles. The van der Waals surface area contributed by atoms with Gasteiger partial charge in [-0.15, -0.1) is 0 Å². The van der Waals surface area contributed by atoms with E-state index in [1.54, 1.807) is 18.2 Å². The first-order valence-corrected chi connectivity index (χ1v) is 5.45. The van der Waals surface area contributed by atoms with E-state index in [2.05, 4.69) is 5.32 Å². The number of nitrogen functional groups attached to an aromatic ring is 1. The number of para-hydroxylation sites is 1. The van der Waals surface area contributed by atoms with E-state index >= 15 is 0 Å². The minimum absolute atomic E-state index is 0.205. The minimum Gasteiger partial charge on any atom is -0.478 e. The zero-order chi connectivity index (χ0) is 13.0. The van der Waals surface area contributed by atoms with Gasteiger partial charge in [0.05, 0.1) is 16.9 Å². The van der Waals surface area contributed by atoms with Crippen molar-refractivity contribution in [1.82, 2.24) is 4.90 Å². The molecule has 0 aliphatic carbocycles. The van der Waals surface area contributed by atoms with Crippen LogP contribution in [-0.2, 0) is 0 Å². The third-order valence-electron chi connectivity index (χ3n) is 2.78. The molecule has 1 atom stereocenters. The van der Waals surface area contributed by atoms with Crippen LogP contribution in [0.1, 0.15) is 17.3 Å². The van der Waals surface area contributed by atoms with Gasteiger partial charge < -0.3 is 21.1 Å². The SMILES string of the molecule is CC(CNc1c(N)cccc1C(=O)O)N(C)C. The maximum atomic E-state index is 11.0. The number of nitrogens with one attached hydrogen (secondary N) is 1. The van der Waals surface area contributed by atoms with E-state index in [4.69, 9.17) is 10.8 Å². The molecule has 0 amide bonds. The highest BCUT2D eigenvalue weighted by molar-refractivity contribution is 5.97. The van der Waals surface area contributed by atoms with Crippen LogP contribution < -0.4 is 11.1 Å². The molecule has 5 nitrogen and oxygen atoms in total. The number of carbonyl (C=O) groups is 1. The Morgan fingerprint density at radius 3 is 2.71 bits per heavy atom. The Bertz CT molecular complexity index is 405. The Morgan fingerprint density at radius 1 is 1.53 bits per heavy atom. The second-order valence-corrected chi connectivity index (χ2v) is 4.27. The molecule has 0 saturated heterocycles. The first kappa shape index (κ1) is 13.3. The fourth-order valence-corrected chi connectivity index (χ4v) is 1.38. The first-order valence-electron chi connectivity index (χ1n) is 5.45. The molecule has 1 aromatic carbocycles. The number of nitrogens with zero attached hydrogens (tertiary/aromatic N) is 1. The molecule has 0 aliphatic rings. The van der Waals surface area contributed by atoms with Crippen LogP contribution in [0.2, 0.25) is 0 Å². The molecule has 1 rings (SSSR count). The van der Waals surface area contributed by atoms with Gasteiger partial charge in [0.15, 0.2) is 0 Å². The molecule has 17 heavy (non-hydrogen) atoms. The lowest BCUT2D eigenvalue weighted by molar-refractivity contribution is 0.0698. The molecule has 5 heteroatoms. The van der Waals surface area contributed by atoms with Crippen molar-refractivity contribution in [2.75, 3.05) is 31.7 Å². The first-order chi connectivity index (χ1) is 7.93. The summed E-state index contributed by atoms with van der Waals surface area (Å²) in [5.74, 6) is -0.975. The highest BCUT2D eigenvalue weighted by Gasteiger charge is 2.13. The molecular weight excluding hydrogens is 218 g/mol. The van der Waals surface area contributed by atoms with Gasteiger partial charge in [0, 0.05) is 12.6 Å². The van der Waals surface area contributed by atoms with Gasteiger partial charge in [-0.05, 0) is 33.2 Å². The molecule has 4 N–H and O–H groups in total. The van der Waals surface area contributed by atoms with Crippen LogP contribution >= 0.6 is 0 Å². The van der Waals surface area contributed by atoms with Gasteiger partial charge in [-0.1, -0.05) is 6.07 Å². The number of hydrogen-bond acceptors (Lipinski definition) is 4. The number of carboxylic acid groups (broad SMARTS) is 1. The number of rotatable bonds is 5. The molecule has 0 bridgehead atoms. The van der Waals surface area contributed by atoms with Crippen LogP contribution in [0.15, 0.2) is 18.2 Å². The summed E-state index contributed by atoms with van der Waals surface area (Å²) in [6, 6.07) is 5.16. The second-order valence-electron chi connectivity index (χ2n) is 4.27. The predicted molar refractivity (Wildman–Crippen MR) is 69.5 cm³/mol. The van der Waals surface area contributed by atoms with Crippen LogP contribution in [0.4, 0.5) is 11.4 Å². The molecule has 1 unspecified atom stereocenters. The molecule has 0 saturated carbocycles. The van der Waals surface area contributed by atoms with Gasteiger partial charge in [0.1, 0.15) is 0 Å². The smallest absolute Gasteiger partial charge is 0.337 e. The molecule has 0 aliphatic heterocycles. The third-order valence-corrected chi connectivity index (χ3v) is 2.78. The average molecular weight is 237 g/mol. The van der Waals surface area contributed by atoms with Crippen LogP contribution in [0, 0.1) is 0 Å². The van der Waals surface area contributed by atoms with Crippen molar-refractivity contribution in [1.29, 1.82) is 0 Å². The normalized spacial score (nSPS) is 12.5. The van der Waals surface area contributed by atoms with E-state index in [1.807, 2.05) is 25.9 Å². The molecular formula is C12H19N3O2. The summed E-state index contributed by atoms with van der Waals surface area (Å²) in [5, 5.41) is 12.2. The summed E-state index contributed by atoms with van der Waals surface area (Å²) in [4.78, 5) is 13.1. The van der Waals surface area contributed by atoms with Crippen LogP contribution in [-0.4, -0.2) is 42.7 Å². The number of benzene rings is 1. The van der Waals surface area contributed by atoms with Crippen LogP contribution in [0.3, 0.4) is 0 Å². The van der Waals surface area contributed by atoms with Crippen molar-refractivity contribution < 1.29 is 9.90 Å². The van der Waals surface area contributed by atoms with E-state index in [0.29, 0.717) is 17.9 Å². The Hall–Kier alpha value is -1.75. The van der Waals surface area contributed by atoms with Crippen molar-refractivity contribution in [2.24, 2.45) is 0 Å². The summed E-state index contributed by atoms with van der Waals surface area (Å²) < 4.78 is 0. The predicted octanol–water partition coefficient (Wildman–Crippen LogP) is 1.33. The molecule has 0 heterocycles. The third kappa shape index (κ3) is 3.35. The lowest BCUT2D eigenvalue weighted by atomic mass is 10.1. The van der Waals surface area contributed by atoms with Gasteiger partial charge >= 0.3 is 5.97 Å². The number of aromatic carboxylic acids is 1. The van der Waals surface area contributed by atoms with Crippen molar-refractivity contribution >= 4 is 17.3 Å². The van der Waals surface area contributed by atoms with Crippen molar-refractivity contribution in [2.45, 2.75) is 13.0 Å². The summed E-state index contributed by atoms with van der Waals surface area (Å²) in [7, 11) is 3.94. The highest BCUT2D eigenvalue weighted by Crippen LogP contribution is 2.23. The zero-order valence-electron chi connectivity index (χ0n) is 10.4. The molecule has 0 radical (unpaired) electrons. The van der Waals surface area contributed by atoms with Crippen molar-refractivity contribution in [3.05, 3.63) is 23.8 Å². The van der Waals surface area contributed by atoms with Crippen molar-refractivity contribution in [3.63, 3.8) is 0 Å². The highest BCUT2D eigenvalue weighted by atomic mass is 16.4. The summed E-state index contributed by atoms with van der Waals surface area (Å²) in [6.45, 7) is 2.69. The quantitative estimate of drug-likeness (QED) is 0.673. The second kappa shape index (κ2) is 5.54. The Labute approximate surface area is 101 Å². The maximum Gasteiger partial charge on any atom is 0.337 e. The molecule has 94 valence electrons. The molecule has 0 spiro atoms. The van der Waals surface area contributed by atoms with Gasteiger partial charge in [0.2, 0.25) is 0 Å². The molecule has 0 fully saturated rings.